The Morgan fingerprint density at radius 2 is 2.24 bits per heavy atom. The van der Waals surface area contributed by atoms with Crippen LogP contribution in [0.2, 0.25) is 5.82 Å². The van der Waals surface area contributed by atoms with E-state index in [1.165, 1.54) is 6.07 Å². The number of carboxylic acid groups (broad SMARTS) is 1. The molecule has 1 aliphatic rings. The Morgan fingerprint density at radius 1 is 1.52 bits per heavy atom. The van der Waals surface area contributed by atoms with E-state index in [0.29, 0.717) is 18.4 Å². The maximum atomic E-state index is 11.9. The van der Waals surface area contributed by atoms with Crippen molar-refractivity contribution in [3.8, 4) is 5.75 Å². The number of hydrogen-bond acceptors (Lipinski definition) is 4. The standard InChI is InChI=1S/C14H16BClO5/c1-2-11(16)12(17)7-9-6-8-4-3-5-10(14(18)19)13(8)21-15(9)20/h3-5,9,11,20H,2,6-7H2,1H3,(H,18,19)/t9-,11?/m1/s1. The zero-order chi connectivity index (χ0) is 15.6. The Morgan fingerprint density at radius 3 is 2.86 bits per heavy atom. The molecule has 1 aromatic carbocycles. The van der Waals surface area contributed by atoms with Crippen LogP contribution in [-0.4, -0.2) is 34.4 Å². The van der Waals surface area contributed by atoms with Crippen LogP contribution in [0.15, 0.2) is 18.2 Å². The zero-order valence-electron chi connectivity index (χ0n) is 11.6. The number of aromatic carboxylic acids is 1. The molecule has 1 heterocycles. The van der Waals surface area contributed by atoms with Crippen LogP contribution in [0.4, 0.5) is 0 Å². The van der Waals surface area contributed by atoms with E-state index in [-0.39, 0.29) is 23.5 Å². The van der Waals surface area contributed by atoms with Crippen molar-refractivity contribution in [2.24, 2.45) is 0 Å². The predicted molar refractivity (Wildman–Crippen MR) is 79.0 cm³/mol. The molecule has 5 nitrogen and oxygen atoms in total. The molecular formula is C14H16BClO5. The summed E-state index contributed by atoms with van der Waals surface area (Å²) in [5.41, 5.74) is 0.695. The first-order valence-corrected chi connectivity index (χ1v) is 7.24. The number of fused-ring (bicyclic) bond motifs is 1. The molecule has 0 aliphatic carbocycles. The second-order valence-electron chi connectivity index (χ2n) is 5.12. The Labute approximate surface area is 128 Å². The number of carboxylic acids is 1. The lowest BCUT2D eigenvalue weighted by molar-refractivity contribution is -0.119. The van der Waals surface area contributed by atoms with Gasteiger partial charge in [-0.05, 0) is 24.5 Å². The molecule has 1 aromatic rings. The van der Waals surface area contributed by atoms with E-state index >= 15 is 0 Å². The van der Waals surface area contributed by atoms with Crippen molar-refractivity contribution >= 4 is 30.5 Å². The van der Waals surface area contributed by atoms with Crippen LogP contribution >= 0.6 is 11.6 Å². The van der Waals surface area contributed by atoms with Crippen LogP contribution < -0.4 is 4.65 Å². The lowest BCUT2D eigenvalue weighted by atomic mass is 9.64. The first-order chi connectivity index (χ1) is 9.93. The van der Waals surface area contributed by atoms with Crippen molar-refractivity contribution in [2.45, 2.75) is 37.4 Å². The van der Waals surface area contributed by atoms with Crippen LogP contribution in [0.3, 0.4) is 0 Å². The summed E-state index contributed by atoms with van der Waals surface area (Å²) in [4.78, 5) is 23.0. The molecule has 1 unspecified atom stereocenters. The Balaban J connectivity index is 2.19. The van der Waals surface area contributed by atoms with Crippen molar-refractivity contribution in [3.05, 3.63) is 29.3 Å². The summed E-state index contributed by atoms with van der Waals surface area (Å²) >= 11 is 5.90. The van der Waals surface area contributed by atoms with E-state index in [2.05, 4.69) is 0 Å². The van der Waals surface area contributed by atoms with Gasteiger partial charge >= 0.3 is 13.1 Å². The van der Waals surface area contributed by atoms with Gasteiger partial charge in [0.05, 0.1) is 10.9 Å². The molecule has 2 N–H and O–H groups in total. The average molecular weight is 311 g/mol. The van der Waals surface area contributed by atoms with Gasteiger partial charge in [-0.25, -0.2) is 4.79 Å². The number of para-hydroxylation sites is 1. The summed E-state index contributed by atoms with van der Waals surface area (Å²) in [6.45, 7) is 1.82. The molecular weight excluding hydrogens is 294 g/mol. The summed E-state index contributed by atoms with van der Waals surface area (Å²) in [5.74, 6) is -1.48. The summed E-state index contributed by atoms with van der Waals surface area (Å²) in [7, 11) is -1.21. The second-order valence-corrected chi connectivity index (χ2v) is 5.64. The molecule has 1 aliphatic heterocycles. The molecule has 0 saturated carbocycles. The van der Waals surface area contributed by atoms with Gasteiger partial charge in [-0.2, -0.15) is 0 Å². The van der Waals surface area contributed by atoms with Gasteiger partial charge in [-0.3, -0.25) is 4.79 Å². The molecule has 2 rings (SSSR count). The number of alkyl halides is 1. The molecule has 0 aromatic heterocycles. The van der Waals surface area contributed by atoms with Gasteiger partial charge in [0, 0.05) is 12.2 Å². The Kier molecular flexibility index (Phi) is 4.90. The highest BCUT2D eigenvalue weighted by Gasteiger charge is 2.38. The van der Waals surface area contributed by atoms with Crippen LogP contribution in [-0.2, 0) is 11.2 Å². The van der Waals surface area contributed by atoms with Gasteiger partial charge in [-0.1, -0.05) is 19.1 Å². The Bertz CT molecular complexity index is 562. The smallest absolute Gasteiger partial charge is 0.526 e. The topological polar surface area (TPSA) is 83.8 Å². The molecule has 0 bridgehead atoms. The minimum Gasteiger partial charge on any atom is -0.535 e. The van der Waals surface area contributed by atoms with Crippen molar-refractivity contribution < 1.29 is 24.4 Å². The number of carbonyl (C=O) groups is 2. The second kappa shape index (κ2) is 6.49. The summed E-state index contributed by atoms with van der Waals surface area (Å²) in [6.07, 6.45) is 1.03. The summed E-state index contributed by atoms with van der Waals surface area (Å²) < 4.78 is 5.33. The number of benzene rings is 1. The third-order valence-corrected chi connectivity index (χ3v) is 4.17. The summed E-state index contributed by atoms with van der Waals surface area (Å²) in [5, 5.41) is 18.6. The maximum Gasteiger partial charge on any atom is 0.526 e. The number of halogens is 1. The van der Waals surface area contributed by atoms with Crippen LogP contribution in [0.25, 0.3) is 0 Å². The molecule has 112 valence electrons. The van der Waals surface area contributed by atoms with Crippen LogP contribution in [0.5, 0.6) is 5.75 Å². The number of carbonyl (C=O) groups excluding carboxylic acids is 1. The predicted octanol–water partition coefficient (Wildman–Crippen LogP) is 2.15. The van der Waals surface area contributed by atoms with Crippen molar-refractivity contribution in [2.75, 3.05) is 0 Å². The fraction of sp³-hybridized carbons (Fsp3) is 0.429. The molecule has 2 atom stereocenters. The van der Waals surface area contributed by atoms with E-state index in [9.17, 15) is 14.6 Å². The minimum absolute atomic E-state index is 0.0140. The SMILES string of the molecule is CCC(Cl)C(=O)C[C@H]1Cc2cccc(C(=O)O)c2OB1O. The molecule has 21 heavy (non-hydrogen) atoms. The lowest BCUT2D eigenvalue weighted by Crippen LogP contribution is -2.36. The lowest BCUT2D eigenvalue weighted by Gasteiger charge is -2.28. The fourth-order valence-electron chi connectivity index (χ4n) is 2.44. The molecule has 0 fully saturated rings. The maximum absolute atomic E-state index is 11.9. The minimum atomic E-state index is -1.21. The number of rotatable bonds is 5. The molecule has 0 radical (unpaired) electrons. The van der Waals surface area contributed by atoms with E-state index in [0.717, 1.165) is 0 Å². The molecule has 7 heteroatoms. The van der Waals surface area contributed by atoms with Gasteiger partial charge in [0.15, 0.2) is 5.78 Å². The average Bonchev–Trinajstić information content (AvgIpc) is 2.46. The monoisotopic (exact) mass is 310 g/mol. The van der Waals surface area contributed by atoms with Gasteiger partial charge < -0.3 is 14.8 Å². The van der Waals surface area contributed by atoms with Crippen LogP contribution in [0.1, 0.15) is 35.7 Å². The zero-order valence-corrected chi connectivity index (χ0v) is 12.3. The van der Waals surface area contributed by atoms with Gasteiger partial charge in [-0.15, -0.1) is 11.6 Å². The van der Waals surface area contributed by atoms with E-state index in [4.69, 9.17) is 21.4 Å². The highest BCUT2D eigenvalue weighted by molar-refractivity contribution is 6.47. The quantitative estimate of drug-likeness (QED) is 0.643. The van der Waals surface area contributed by atoms with E-state index in [1.807, 2.05) is 6.92 Å². The van der Waals surface area contributed by atoms with Gasteiger partial charge in [0.2, 0.25) is 0 Å². The third-order valence-electron chi connectivity index (χ3n) is 3.62. The van der Waals surface area contributed by atoms with Crippen molar-refractivity contribution in [1.29, 1.82) is 0 Å². The van der Waals surface area contributed by atoms with Gasteiger partial charge in [0.25, 0.3) is 0 Å². The normalized spacial score (nSPS) is 18.6. The summed E-state index contributed by atoms with van der Waals surface area (Å²) in [6, 6.07) is 4.78. The van der Waals surface area contributed by atoms with E-state index in [1.54, 1.807) is 12.1 Å². The van der Waals surface area contributed by atoms with Gasteiger partial charge in [0.1, 0.15) is 5.75 Å². The van der Waals surface area contributed by atoms with E-state index < -0.39 is 24.3 Å². The fourth-order valence-corrected chi connectivity index (χ4v) is 2.53. The molecule has 0 amide bonds. The number of Topliss-reactive ketones (excluding diaryl/α,β-unsaturated/α-hetero) is 1. The molecule has 0 saturated heterocycles. The largest absolute Gasteiger partial charge is 0.535 e. The number of hydrogen-bond donors (Lipinski definition) is 2. The third kappa shape index (κ3) is 3.39. The highest BCUT2D eigenvalue weighted by atomic mass is 35.5. The van der Waals surface area contributed by atoms with Crippen molar-refractivity contribution in [1.82, 2.24) is 0 Å². The highest BCUT2D eigenvalue weighted by Crippen LogP contribution is 2.36. The molecule has 0 spiro atoms. The van der Waals surface area contributed by atoms with Crippen LogP contribution in [0, 0.1) is 0 Å². The first kappa shape index (κ1) is 15.9. The number of ketones is 1. The first-order valence-electron chi connectivity index (χ1n) is 6.80. The Hall–Kier alpha value is -1.53. The van der Waals surface area contributed by atoms with Crippen molar-refractivity contribution in [3.63, 3.8) is 0 Å².